The van der Waals surface area contributed by atoms with Crippen molar-refractivity contribution in [1.29, 1.82) is 0 Å². The molecular weight excluding hydrogens is 293 g/mol. The van der Waals surface area contributed by atoms with E-state index >= 15 is 0 Å². The van der Waals surface area contributed by atoms with E-state index in [1.165, 1.54) is 0 Å². The van der Waals surface area contributed by atoms with Gasteiger partial charge in [0.15, 0.2) is 0 Å². The summed E-state index contributed by atoms with van der Waals surface area (Å²) in [7, 11) is 0. The Bertz CT molecular complexity index is 273. The van der Waals surface area contributed by atoms with Crippen LogP contribution >= 0.6 is 43.5 Å². The number of anilines is 1. The van der Waals surface area contributed by atoms with Gasteiger partial charge < -0.3 is 5.73 Å². The Morgan fingerprint density at radius 3 is 2.55 bits per heavy atom. The number of hydrogen-bond acceptors (Lipinski definition) is 1. The fourth-order valence-corrected chi connectivity index (χ4v) is 2.22. The Balaban J connectivity index is 3.46. The Kier molecular flexibility index (Phi) is 2.84. The molecule has 0 unspecified atom stereocenters. The molecule has 0 aromatic heterocycles. The first-order chi connectivity index (χ1) is 5.04. The molecule has 2 N–H and O–H groups in total. The van der Waals surface area contributed by atoms with Crippen LogP contribution in [0.25, 0.3) is 0 Å². The third-order valence-electron chi connectivity index (χ3n) is 1.38. The molecule has 0 heterocycles. The first kappa shape index (κ1) is 9.36. The summed E-state index contributed by atoms with van der Waals surface area (Å²) in [6, 6.07) is 1.89. The van der Waals surface area contributed by atoms with Gasteiger partial charge in [0.1, 0.15) is 0 Å². The third kappa shape index (κ3) is 1.71. The number of benzene rings is 1. The van der Waals surface area contributed by atoms with Gasteiger partial charge in [-0.1, -0.05) is 11.6 Å². The molecule has 0 aliphatic carbocycles. The summed E-state index contributed by atoms with van der Waals surface area (Å²) in [5.41, 5.74) is 7.31. The highest BCUT2D eigenvalue weighted by Gasteiger charge is 2.07. The molecule has 0 atom stereocenters. The van der Waals surface area contributed by atoms with Crippen molar-refractivity contribution in [3.63, 3.8) is 0 Å². The van der Waals surface area contributed by atoms with Gasteiger partial charge in [0.05, 0.1) is 15.2 Å². The second-order valence-electron chi connectivity index (χ2n) is 2.22. The Morgan fingerprint density at radius 1 is 1.45 bits per heavy atom. The summed E-state index contributed by atoms with van der Waals surface area (Å²) in [5, 5.41) is 0.672. The minimum atomic E-state index is 0.639. The topological polar surface area (TPSA) is 26.0 Å². The molecule has 0 aliphatic heterocycles. The molecule has 0 radical (unpaired) electrons. The first-order valence-corrected chi connectivity index (χ1v) is 4.90. The van der Waals surface area contributed by atoms with Crippen molar-refractivity contribution < 1.29 is 0 Å². The van der Waals surface area contributed by atoms with Crippen LogP contribution in [0.3, 0.4) is 0 Å². The van der Waals surface area contributed by atoms with Crippen LogP contribution < -0.4 is 5.73 Å². The quantitative estimate of drug-likeness (QED) is 0.573. The molecule has 4 heteroatoms. The van der Waals surface area contributed by atoms with Gasteiger partial charge in [0.25, 0.3) is 0 Å². The van der Waals surface area contributed by atoms with Crippen LogP contribution in [0.15, 0.2) is 15.0 Å². The predicted octanol–water partition coefficient (Wildman–Crippen LogP) is 3.76. The Morgan fingerprint density at radius 2 is 2.00 bits per heavy atom. The molecule has 0 fully saturated rings. The van der Waals surface area contributed by atoms with E-state index in [-0.39, 0.29) is 0 Å². The maximum absolute atomic E-state index is 5.91. The van der Waals surface area contributed by atoms with Crippen LogP contribution in [-0.4, -0.2) is 0 Å². The maximum Gasteiger partial charge on any atom is 0.0618 e. The number of halogens is 3. The van der Waals surface area contributed by atoms with Gasteiger partial charge in [0.2, 0.25) is 0 Å². The number of rotatable bonds is 0. The average molecular weight is 299 g/mol. The summed E-state index contributed by atoms with van der Waals surface area (Å²) >= 11 is 12.5. The molecule has 0 saturated carbocycles. The van der Waals surface area contributed by atoms with Crippen LogP contribution in [0.4, 0.5) is 5.69 Å². The highest BCUT2D eigenvalue weighted by molar-refractivity contribution is 9.11. The lowest BCUT2D eigenvalue weighted by Gasteiger charge is -2.05. The number of nitrogens with two attached hydrogens (primary N) is 1. The largest absolute Gasteiger partial charge is 0.397 e. The van der Waals surface area contributed by atoms with Crippen molar-refractivity contribution in [3.8, 4) is 0 Å². The lowest BCUT2D eigenvalue weighted by Crippen LogP contribution is -1.90. The van der Waals surface area contributed by atoms with Gasteiger partial charge in [-0.15, -0.1) is 0 Å². The van der Waals surface area contributed by atoms with Gasteiger partial charge in [0, 0.05) is 4.47 Å². The van der Waals surface area contributed by atoms with E-state index in [2.05, 4.69) is 31.9 Å². The Labute approximate surface area is 87.2 Å². The third-order valence-corrected chi connectivity index (χ3v) is 3.57. The zero-order valence-corrected chi connectivity index (χ0v) is 9.72. The molecule has 0 amide bonds. The van der Waals surface area contributed by atoms with Crippen LogP contribution in [0.2, 0.25) is 5.02 Å². The lowest BCUT2D eigenvalue weighted by molar-refractivity contribution is 1.43. The molecule has 11 heavy (non-hydrogen) atoms. The maximum atomic E-state index is 5.91. The number of hydrogen-bond donors (Lipinski definition) is 1. The highest BCUT2D eigenvalue weighted by Crippen LogP contribution is 2.36. The molecular formula is C7H6Br2ClN. The zero-order chi connectivity index (χ0) is 8.59. The SMILES string of the molecule is Cc1cc(Br)c(N)c(Br)c1Cl. The molecule has 1 aromatic carbocycles. The lowest BCUT2D eigenvalue weighted by atomic mass is 10.2. The normalized spacial score (nSPS) is 10.2. The molecule has 0 bridgehead atoms. The molecule has 0 aliphatic rings. The van der Waals surface area contributed by atoms with Crippen LogP contribution in [0.5, 0.6) is 0 Å². The van der Waals surface area contributed by atoms with Gasteiger partial charge in [-0.2, -0.15) is 0 Å². The van der Waals surface area contributed by atoms with E-state index in [4.69, 9.17) is 17.3 Å². The summed E-state index contributed by atoms with van der Waals surface area (Å²) < 4.78 is 1.62. The molecule has 60 valence electrons. The van der Waals surface area contributed by atoms with E-state index in [0.29, 0.717) is 10.7 Å². The summed E-state index contributed by atoms with van der Waals surface area (Å²) in [5.74, 6) is 0. The van der Waals surface area contributed by atoms with Crippen molar-refractivity contribution in [2.45, 2.75) is 6.92 Å². The minimum absolute atomic E-state index is 0.639. The standard InChI is InChI=1S/C7H6Br2ClN/c1-3-2-4(8)7(11)5(9)6(3)10/h2H,11H2,1H3. The number of nitrogen functional groups attached to an aromatic ring is 1. The zero-order valence-electron chi connectivity index (χ0n) is 5.79. The predicted molar refractivity (Wildman–Crippen MR) is 56.0 cm³/mol. The van der Waals surface area contributed by atoms with Crippen molar-refractivity contribution in [2.75, 3.05) is 5.73 Å². The summed E-state index contributed by atoms with van der Waals surface area (Å²) in [4.78, 5) is 0. The van der Waals surface area contributed by atoms with E-state index < -0.39 is 0 Å². The molecule has 0 saturated heterocycles. The fourth-order valence-electron chi connectivity index (χ4n) is 0.727. The van der Waals surface area contributed by atoms with Gasteiger partial charge in [-0.3, -0.25) is 0 Å². The van der Waals surface area contributed by atoms with Crippen LogP contribution in [0.1, 0.15) is 5.56 Å². The number of aryl methyl sites for hydroxylation is 1. The minimum Gasteiger partial charge on any atom is -0.397 e. The highest BCUT2D eigenvalue weighted by atomic mass is 79.9. The van der Waals surface area contributed by atoms with Gasteiger partial charge >= 0.3 is 0 Å². The van der Waals surface area contributed by atoms with Crippen LogP contribution in [-0.2, 0) is 0 Å². The van der Waals surface area contributed by atoms with E-state index in [1.54, 1.807) is 0 Å². The molecule has 1 aromatic rings. The van der Waals surface area contributed by atoms with E-state index in [0.717, 1.165) is 14.5 Å². The molecule has 1 rings (SSSR count). The van der Waals surface area contributed by atoms with Gasteiger partial charge in [-0.05, 0) is 50.4 Å². The monoisotopic (exact) mass is 297 g/mol. The van der Waals surface area contributed by atoms with Crippen molar-refractivity contribution in [2.24, 2.45) is 0 Å². The van der Waals surface area contributed by atoms with E-state index in [9.17, 15) is 0 Å². The second kappa shape index (κ2) is 3.33. The van der Waals surface area contributed by atoms with Crippen molar-refractivity contribution in [1.82, 2.24) is 0 Å². The van der Waals surface area contributed by atoms with Crippen molar-refractivity contribution >= 4 is 49.1 Å². The smallest absolute Gasteiger partial charge is 0.0618 e. The summed E-state index contributed by atoms with van der Waals surface area (Å²) in [6.45, 7) is 1.93. The molecule has 0 spiro atoms. The van der Waals surface area contributed by atoms with E-state index in [1.807, 2.05) is 13.0 Å². The Hall–Kier alpha value is 0.270. The summed E-state index contributed by atoms with van der Waals surface area (Å²) in [6.07, 6.45) is 0. The molecule has 1 nitrogen and oxygen atoms in total. The van der Waals surface area contributed by atoms with Gasteiger partial charge in [-0.25, -0.2) is 0 Å². The van der Waals surface area contributed by atoms with Crippen molar-refractivity contribution in [3.05, 3.63) is 25.6 Å². The second-order valence-corrected chi connectivity index (χ2v) is 4.24. The first-order valence-electron chi connectivity index (χ1n) is 2.93. The van der Waals surface area contributed by atoms with Crippen LogP contribution in [0, 0.1) is 6.92 Å². The average Bonchev–Trinajstić information content (AvgIpc) is 1.97. The fraction of sp³-hybridized carbons (Fsp3) is 0.143.